The van der Waals surface area contributed by atoms with Crippen LogP contribution in [0.2, 0.25) is 0 Å². The summed E-state index contributed by atoms with van der Waals surface area (Å²) < 4.78 is 34.9. The number of likely N-dealkylation sites (tertiary alicyclic amines) is 1. The first-order valence-corrected chi connectivity index (χ1v) is 18.6. The first-order chi connectivity index (χ1) is 26.0. The quantitative estimate of drug-likeness (QED) is 0.127. The average molecular weight is 721 g/mol. The molecule has 0 saturated carbocycles. The summed E-state index contributed by atoms with van der Waals surface area (Å²) in [6.45, 7) is 5.23. The molecule has 2 fully saturated rings. The first kappa shape index (κ1) is 36.3. The monoisotopic (exact) mass is 720 g/mol. The fraction of sp³-hybridized carbons (Fsp3) is 0.395. The lowest BCUT2D eigenvalue weighted by molar-refractivity contribution is -0.154. The van der Waals surface area contributed by atoms with Crippen molar-refractivity contribution >= 4 is 12.1 Å². The summed E-state index contributed by atoms with van der Waals surface area (Å²) in [5.41, 5.74) is 6.46. The highest BCUT2D eigenvalue weighted by molar-refractivity contribution is 5.83. The van der Waals surface area contributed by atoms with E-state index in [9.17, 15) is 9.59 Å². The van der Waals surface area contributed by atoms with Crippen LogP contribution >= 0.6 is 0 Å². The van der Waals surface area contributed by atoms with Gasteiger partial charge in [-0.15, -0.1) is 0 Å². The molecule has 278 valence electrons. The standard InChI is InChI=1S/C43H48N2O8/c1-48-40-19-17-30(27-41(40)49-2)16-18-39(31-9-7-10-32(28-31)51-26-23-44-21-24-50-25-22-44)53-42(46)38-15-8-20-45(38)43(47)52-29-37-35-13-5-3-11-33(35)34-12-4-6-14-36(34)37/h3-7,9-14,17,19,27-28,37-39H,8,15-16,18,20-26,29H2,1-2H3/t38-,39?/m0/s1. The number of benzene rings is 4. The molecule has 0 spiro atoms. The maximum Gasteiger partial charge on any atom is 0.410 e. The first-order valence-electron chi connectivity index (χ1n) is 18.6. The molecule has 53 heavy (non-hydrogen) atoms. The van der Waals surface area contributed by atoms with Crippen LogP contribution in [0.3, 0.4) is 0 Å². The zero-order valence-electron chi connectivity index (χ0n) is 30.5. The Kier molecular flexibility index (Phi) is 11.8. The van der Waals surface area contributed by atoms with Crippen LogP contribution < -0.4 is 14.2 Å². The second-order valence-electron chi connectivity index (χ2n) is 13.7. The second-order valence-corrected chi connectivity index (χ2v) is 13.7. The molecule has 2 atom stereocenters. The van der Waals surface area contributed by atoms with Crippen molar-refractivity contribution in [2.45, 2.75) is 43.7 Å². The van der Waals surface area contributed by atoms with Crippen molar-refractivity contribution in [1.82, 2.24) is 9.80 Å². The fourth-order valence-electron chi connectivity index (χ4n) is 7.68. The van der Waals surface area contributed by atoms with E-state index in [1.165, 1.54) is 4.90 Å². The lowest BCUT2D eigenvalue weighted by Gasteiger charge is -2.27. The van der Waals surface area contributed by atoms with Crippen LogP contribution in [-0.2, 0) is 25.4 Å². The van der Waals surface area contributed by atoms with Crippen molar-refractivity contribution in [3.63, 3.8) is 0 Å². The van der Waals surface area contributed by atoms with Gasteiger partial charge in [0.25, 0.3) is 0 Å². The summed E-state index contributed by atoms with van der Waals surface area (Å²) >= 11 is 0. The van der Waals surface area contributed by atoms with E-state index in [2.05, 4.69) is 29.2 Å². The number of esters is 1. The van der Waals surface area contributed by atoms with Gasteiger partial charge in [0.1, 0.15) is 31.1 Å². The number of morpholine rings is 1. The Morgan fingerprint density at radius 3 is 2.30 bits per heavy atom. The number of aryl methyl sites for hydroxylation is 1. The van der Waals surface area contributed by atoms with Gasteiger partial charge in [0.2, 0.25) is 0 Å². The number of methoxy groups -OCH3 is 2. The summed E-state index contributed by atoms with van der Waals surface area (Å²) in [7, 11) is 3.22. The molecule has 1 aliphatic carbocycles. The molecule has 1 unspecified atom stereocenters. The number of amides is 1. The van der Waals surface area contributed by atoms with Crippen molar-refractivity contribution in [2.24, 2.45) is 0 Å². The lowest BCUT2D eigenvalue weighted by Crippen LogP contribution is -2.42. The highest BCUT2D eigenvalue weighted by atomic mass is 16.6. The van der Waals surface area contributed by atoms with Gasteiger partial charge in [-0.25, -0.2) is 9.59 Å². The highest BCUT2D eigenvalue weighted by Crippen LogP contribution is 2.44. The van der Waals surface area contributed by atoms with E-state index < -0.39 is 24.2 Å². The van der Waals surface area contributed by atoms with Crippen LogP contribution in [0.1, 0.15) is 53.5 Å². The zero-order valence-corrected chi connectivity index (χ0v) is 30.5. The van der Waals surface area contributed by atoms with Crippen LogP contribution in [0.5, 0.6) is 17.2 Å². The molecule has 0 aromatic heterocycles. The minimum Gasteiger partial charge on any atom is -0.493 e. The summed E-state index contributed by atoms with van der Waals surface area (Å²) in [5.74, 6) is 1.49. The molecular weight excluding hydrogens is 672 g/mol. The highest BCUT2D eigenvalue weighted by Gasteiger charge is 2.38. The van der Waals surface area contributed by atoms with E-state index in [0.717, 1.165) is 66.2 Å². The molecule has 10 heteroatoms. The summed E-state index contributed by atoms with van der Waals surface area (Å²) in [5, 5.41) is 0. The van der Waals surface area contributed by atoms with Gasteiger partial charge in [-0.2, -0.15) is 0 Å². The number of nitrogens with zero attached hydrogens (tertiary/aromatic N) is 2. The van der Waals surface area contributed by atoms with Gasteiger partial charge < -0.3 is 28.4 Å². The van der Waals surface area contributed by atoms with Gasteiger partial charge in [0.15, 0.2) is 11.5 Å². The van der Waals surface area contributed by atoms with Crippen LogP contribution in [0.15, 0.2) is 91.0 Å². The van der Waals surface area contributed by atoms with E-state index >= 15 is 0 Å². The fourth-order valence-corrected chi connectivity index (χ4v) is 7.68. The van der Waals surface area contributed by atoms with Crippen LogP contribution in [0, 0.1) is 0 Å². The predicted octanol–water partition coefficient (Wildman–Crippen LogP) is 7.05. The third-order valence-electron chi connectivity index (χ3n) is 10.5. The lowest BCUT2D eigenvalue weighted by atomic mass is 9.98. The van der Waals surface area contributed by atoms with E-state index in [-0.39, 0.29) is 12.5 Å². The Morgan fingerprint density at radius 2 is 1.57 bits per heavy atom. The number of hydrogen-bond acceptors (Lipinski definition) is 9. The third-order valence-corrected chi connectivity index (χ3v) is 10.5. The normalized spacial score (nSPS) is 17.5. The van der Waals surface area contributed by atoms with Crippen molar-refractivity contribution < 1.29 is 38.0 Å². The van der Waals surface area contributed by atoms with Gasteiger partial charge in [-0.3, -0.25) is 9.80 Å². The van der Waals surface area contributed by atoms with Gasteiger partial charge in [0.05, 0.1) is 27.4 Å². The number of ether oxygens (including phenoxy) is 6. The van der Waals surface area contributed by atoms with Crippen molar-refractivity contribution in [1.29, 1.82) is 0 Å². The molecular formula is C43H48N2O8. The zero-order chi connectivity index (χ0) is 36.6. The Labute approximate surface area is 311 Å². The Balaban J connectivity index is 1.04. The molecule has 1 amide bonds. The predicted molar refractivity (Wildman–Crippen MR) is 201 cm³/mol. The van der Waals surface area contributed by atoms with Crippen LogP contribution in [0.25, 0.3) is 11.1 Å². The van der Waals surface area contributed by atoms with Gasteiger partial charge >= 0.3 is 12.1 Å². The molecule has 0 bridgehead atoms. The number of hydrogen-bond donors (Lipinski definition) is 0. The number of rotatable bonds is 14. The Bertz CT molecular complexity index is 1830. The molecule has 2 saturated heterocycles. The largest absolute Gasteiger partial charge is 0.493 e. The molecule has 4 aromatic carbocycles. The molecule has 3 aliphatic rings. The van der Waals surface area contributed by atoms with Gasteiger partial charge in [0, 0.05) is 32.1 Å². The van der Waals surface area contributed by atoms with Crippen molar-refractivity contribution in [2.75, 3.05) is 66.8 Å². The third kappa shape index (κ3) is 8.45. The molecule has 10 nitrogen and oxygen atoms in total. The van der Waals surface area contributed by atoms with E-state index in [4.69, 9.17) is 28.4 Å². The average Bonchev–Trinajstić information content (AvgIpc) is 3.83. The number of carbonyl (C=O) groups is 2. The topological polar surface area (TPSA) is 96.0 Å². The summed E-state index contributed by atoms with van der Waals surface area (Å²) in [6, 6.07) is 29.3. The van der Waals surface area contributed by atoms with E-state index in [1.54, 1.807) is 14.2 Å². The van der Waals surface area contributed by atoms with Gasteiger partial charge in [-0.05, 0) is 83.3 Å². The molecule has 7 rings (SSSR count). The summed E-state index contributed by atoms with van der Waals surface area (Å²) in [6.07, 6.45) is 1.24. The van der Waals surface area contributed by atoms with E-state index in [1.807, 2.05) is 66.7 Å². The SMILES string of the molecule is COc1ccc(CCC(OC(=O)[C@@H]2CCCN2C(=O)OCC2c3ccccc3-c3ccccc32)c2cccc(OCCN3CCOCC3)c2)cc1OC. The van der Waals surface area contributed by atoms with Crippen molar-refractivity contribution in [3.05, 3.63) is 113 Å². The maximum atomic E-state index is 14.0. The molecule has 2 aliphatic heterocycles. The Morgan fingerprint density at radius 1 is 0.830 bits per heavy atom. The second kappa shape index (κ2) is 17.2. The molecule has 0 N–H and O–H groups in total. The maximum absolute atomic E-state index is 14.0. The summed E-state index contributed by atoms with van der Waals surface area (Å²) in [4.78, 5) is 31.5. The molecule has 0 radical (unpaired) electrons. The minimum absolute atomic E-state index is 0.0660. The number of fused-ring (bicyclic) bond motifs is 3. The minimum atomic E-state index is -0.734. The number of carbonyl (C=O) groups excluding carboxylic acids is 2. The van der Waals surface area contributed by atoms with E-state index in [0.29, 0.717) is 56.1 Å². The Hall–Kier alpha value is -5.06. The van der Waals surface area contributed by atoms with Crippen LogP contribution in [-0.4, -0.2) is 94.7 Å². The van der Waals surface area contributed by atoms with Crippen molar-refractivity contribution in [3.8, 4) is 28.4 Å². The smallest absolute Gasteiger partial charge is 0.410 e. The van der Waals surface area contributed by atoms with Crippen LogP contribution in [0.4, 0.5) is 4.79 Å². The molecule has 4 aromatic rings. The molecule has 2 heterocycles. The van der Waals surface area contributed by atoms with Gasteiger partial charge in [-0.1, -0.05) is 66.7 Å².